The summed E-state index contributed by atoms with van der Waals surface area (Å²) in [6, 6.07) is 28.6. The average Bonchev–Trinajstić information content (AvgIpc) is 3.53. The molecule has 0 radical (unpaired) electrons. The van der Waals surface area contributed by atoms with Crippen LogP contribution in [0, 0.1) is 20.8 Å². The highest BCUT2D eigenvalue weighted by Crippen LogP contribution is 2.39. The number of benzene rings is 3. The van der Waals surface area contributed by atoms with Crippen molar-refractivity contribution in [3.8, 4) is 11.5 Å². The number of rotatable bonds is 4. The van der Waals surface area contributed by atoms with E-state index in [2.05, 4.69) is 84.5 Å². The topological polar surface area (TPSA) is 55.1 Å². The molecular weight excluding hydrogens is 482 g/mol. The number of carbonyl (C=O) groups is 1. The van der Waals surface area contributed by atoms with E-state index in [-0.39, 0.29) is 12.1 Å². The number of anilines is 1. The molecule has 1 N–H and O–H groups in total. The molecule has 6 rings (SSSR count). The van der Waals surface area contributed by atoms with E-state index < -0.39 is 0 Å². The van der Waals surface area contributed by atoms with Crippen LogP contribution in [0.3, 0.4) is 0 Å². The van der Waals surface area contributed by atoms with E-state index >= 15 is 0 Å². The van der Waals surface area contributed by atoms with Gasteiger partial charge in [0.15, 0.2) is 0 Å². The van der Waals surface area contributed by atoms with Crippen LogP contribution in [0.1, 0.15) is 52.2 Å². The number of nitrogens with zero attached hydrogens (tertiary/aromatic N) is 4. The number of aryl methyl sites for hydroxylation is 4. The van der Waals surface area contributed by atoms with Crippen LogP contribution >= 0.6 is 0 Å². The first-order valence-corrected chi connectivity index (χ1v) is 13.5. The summed E-state index contributed by atoms with van der Waals surface area (Å²) in [7, 11) is 0. The van der Waals surface area contributed by atoms with Crippen LogP contribution in [0.15, 0.2) is 91.1 Å². The number of fused-ring (bicyclic) bond motifs is 3. The zero-order valence-corrected chi connectivity index (χ0v) is 22.8. The van der Waals surface area contributed by atoms with Gasteiger partial charge < -0.3 is 14.8 Å². The van der Waals surface area contributed by atoms with E-state index in [0.717, 1.165) is 57.3 Å². The Hall–Kier alpha value is -4.58. The fourth-order valence-electron chi connectivity index (χ4n) is 5.51. The number of para-hydroxylation sites is 1. The van der Waals surface area contributed by atoms with Crippen molar-refractivity contribution in [2.24, 2.45) is 0 Å². The van der Waals surface area contributed by atoms with Gasteiger partial charge in [0.25, 0.3) is 0 Å². The van der Waals surface area contributed by atoms with Crippen LogP contribution in [0.25, 0.3) is 11.5 Å². The molecule has 0 saturated heterocycles. The molecule has 0 bridgehead atoms. The van der Waals surface area contributed by atoms with E-state index in [1.807, 2.05) is 53.8 Å². The van der Waals surface area contributed by atoms with Crippen molar-refractivity contribution in [3.63, 3.8) is 0 Å². The van der Waals surface area contributed by atoms with Gasteiger partial charge in [-0.3, -0.25) is 0 Å². The first-order chi connectivity index (χ1) is 18.9. The SMILES string of the molecule is CCc1nn(-c2ccccc2)c2c1CN(C(=O)Nc1cc(C)ccc1C)C(c1ccc(C)cc1)c1cccn1-2. The summed E-state index contributed by atoms with van der Waals surface area (Å²) < 4.78 is 4.24. The summed E-state index contributed by atoms with van der Waals surface area (Å²) in [6.45, 7) is 8.71. The van der Waals surface area contributed by atoms with E-state index in [0.29, 0.717) is 6.54 Å². The lowest BCUT2D eigenvalue weighted by atomic mass is 10.0. The molecule has 0 spiro atoms. The van der Waals surface area contributed by atoms with Crippen molar-refractivity contribution in [1.29, 1.82) is 0 Å². The van der Waals surface area contributed by atoms with Gasteiger partial charge in [-0.15, -0.1) is 0 Å². The number of carbonyl (C=O) groups excluding carboxylic acids is 1. The lowest BCUT2D eigenvalue weighted by Crippen LogP contribution is -2.38. The van der Waals surface area contributed by atoms with Gasteiger partial charge in [-0.25, -0.2) is 9.48 Å². The second kappa shape index (κ2) is 9.95. The predicted octanol–water partition coefficient (Wildman–Crippen LogP) is 7.29. The molecule has 0 fully saturated rings. The number of urea groups is 1. The highest BCUT2D eigenvalue weighted by molar-refractivity contribution is 5.91. The Morgan fingerprint density at radius 1 is 0.923 bits per heavy atom. The summed E-state index contributed by atoms with van der Waals surface area (Å²) in [4.78, 5) is 16.2. The summed E-state index contributed by atoms with van der Waals surface area (Å²) in [6.07, 6.45) is 2.85. The molecule has 3 heterocycles. The average molecular weight is 516 g/mol. The normalized spacial score (nSPS) is 14.5. The van der Waals surface area contributed by atoms with Gasteiger partial charge in [-0.2, -0.15) is 5.10 Å². The summed E-state index contributed by atoms with van der Waals surface area (Å²) in [5.41, 5.74) is 9.29. The molecule has 196 valence electrons. The molecule has 6 heteroatoms. The molecule has 1 unspecified atom stereocenters. The third-order valence-electron chi connectivity index (χ3n) is 7.59. The second-order valence-corrected chi connectivity index (χ2v) is 10.3. The smallest absolute Gasteiger partial charge is 0.308 e. The lowest BCUT2D eigenvalue weighted by molar-refractivity contribution is 0.194. The Balaban J connectivity index is 1.55. The number of aromatic nitrogens is 3. The van der Waals surface area contributed by atoms with Gasteiger partial charge in [-0.1, -0.05) is 67.1 Å². The minimum Gasteiger partial charge on any atom is -0.308 e. The van der Waals surface area contributed by atoms with E-state index in [1.54, 1.807) is 0 Å². The van der Waals surface area contributed by atoms with Gasteiger partial charge in [0.1, 0.15) is 5.82 Å². The van der Waals surface area contributed by atoms with Crippen molar-refractivity contribution in [2.45, 2.75) is 46.7 Å². The highest BCUT2D eigenvalue weighted by Gasteiger charge is 2.36. The van der Waals surface area contributed by atoms with Gasteiger partial charge in [0.05, 0.1) is 29.7 Å². The van der Waals surface area contributed by atoms with Crippen LogP contribution in [0.2, 0.25) is 0 Å². The van der Waals surface area contributed by atoms with Crippen molar-refractivity contribution < 1.29 is 4.79 Å². The Bertz CT molecular complexity index is 1650. The second-order valence-electron chi connectivity index (χ2n) is 10.3. The fourth-order valence-corrected chi connectivity index (χ4v) is 5.51. The lowest BCUT2D eigenvalue weighted by Gasteiger charge is -2.31. The number of nitrogens with one attached hydrogen (secondary N) is 1. The van der Waals surface area contributed by atoms with Gasteiger partial charge in [0, 0.05) is 17.4 Å². The minimum absolute atomic E-state index is 0.135. The maximum absolute atomic E-state index is 14.2. The van der Waals surface area contributed by atoms with Crippen LogP contribution in [0.4, 0.5) is 10.5 Å². The number of hydrogen-bond acceptors (Lipinski definition) is 2. The molecule has 1 aliphatic rings. The van der Waals surface area contributed by atoms with Gasteiger partial charge in [0.2, 0.25) is 0 Å². The minimum atomic E-state index is -0.285. The molecule has 6 nitrogen and oxygen atoms in total. The van der Waals surface area contributed by atoms with Crippen molar-refractivity contribution >= 4 is 11.7 Å². The van der Waals surface area contributed by atoms with Crippen molar-refractivity contribution in [3.05, 3.63) is 130 Å². The number of amides is 2. The van der Waals surface area contributed by atoms with Crippen LogP contribution in [0.5, 0.6) is 0 Å². The van der Waals surface area contributed by atoms with Gasteiger partial charge >= 0.3 is 6.03 Å². The molecule has 1 atom stereocenters. The molecular formula is C33H33N5O. The first-order valence-electron chi connectivity index (χ1n) is 13.5. The molecule has 2 amide bonds. The Morgan fingerprint density at radius 2 is 1.67 bits per heavy atom. The van der Waals surface area contributed by atoms with Gasteiger partial charge in [-0.05, 0) is 74.2 Å². The summed E-state index contributed by atoms with van der Waals surface area (Å²) in [5, 5.41) is 8.29. The quantitative estimate of drug-likeness (QED) is 0.273. The van der Waals surface area contributed by atoms with E-state index in [4.69, 9.17) is 5.10 Å². The number of hydrogen-bond donors (Lipinski definition) is 1. The molecule has 0 aliphatic carbocycles. The van der Waals surface area contributed by atoms with Crippen molar-refractivity contribution in [2.75, 3.05) is 5.32 Å². The van der Waals surface area contributed by atoms with Crippen molar-refractivity contribution in [1.82, 2.24) is 19.2 Å². The maximum atomic E-state index is 14.2. The third-order valence-corrected chi connectivity index (χ3v) is 7.59. The molecule has 1 aliphatic heterocycles. The monoisotopic (exact) mass is 515 g/mol. The Morgan fingerprint density at radius 3 is 2.41 bits per heavy atom. The molecule has 5 aromatic rings. The highest BCUT2D eigenvalue weighted by atomic mass is 16.2. The summed E-state index contributed by atoms with van der Waals surface area (Å²) >= 11 is 0. The first kappa shape index (κ1) is 24.7. The zero-order chi connectivity index (χ0) is 27.1. The van der Waals surface area contributed by atoms with E-state index in [1.165, 1.54) is 5.56 Å². The van der Waals surface area contributed by atoms with Crippen LogP contribution < -0.4 is 5.32 Å². The zero-order valence-electron chi connectivity index (χ0n) is 22.8. The molecule has 39 heavy (non-hydrogen) atoms. The Kier molecular flexibility index (Phi) is 6.31. The molecule has 2 aromatic heterocycles. The van der Waals surface area contributed by atoms with Crippen LogP contribution in [-0.2, 0) is 13.0 Å². The third kappa shape index (κ3) is 4.42. The Labute approximate surface area is 229 Å². The fraction of sp³-hybridized carbons (Fsp3) is 0.212. The largest absolute Gasteiger partial charge is 0.322 e. The molecule has 3 aromatic carbocycles. The van der Waals surface area contributed by atoms with Crippen LogP contribution in [-0.4, -0.2) is 25.3 Å². The predicted molar refractivity (Wildman–Crippen MR) is 156 cm³/mol. The van der Waals surface area contributed by atoms with E-state index in [9.17, 15) is 4.79 Å². The molecule has 0 saturated carbocycles. The standard InChI is InChI=1S/C33H33N5O/c1-5-28-27-21-37(33(39)34-29-20-23(3)13-16-24(29)4)31(25-17-14-22(2)15-18-25)30-12-9-19-36(30)32(27)38(35-28)26-10-7-6-8-11-26/h6-20,31H,5,21H2,1-4H3,(H,34,39). The summed E-state index contributed by atoms with van der Waals surface area (Å²) in [5.74, 6) is 0.984. The maximum Gasteiger partial charge on any atom is 0.322 e.